The third-order valence-corrected chi connectivity index (χ3v) is 3.39. The number of halogens is 3. The topological polar surface area (TPSA) is 44.1 Å². The lowest BCUT2D eigenvalue weighted by molar-refractivity contribution is -0.137. The van der Waals surface area contributed by atoms with Crippen molar-refractivity contribution in [2.75, 3.05) is 7.11 Å². The molecule has 0 aliphatic carbocycles. The molecule has 0 N–H and O–H groups in total. The van der Waals surface area contributed by atoms with Crippen molar-refractivity contribution in [3.63, 3.8) is 0 Å². The van der Waals surface area contributed by atoms with Crippen LogP contribution in [-0.2, 0) is 6.18 Å². The molecule has 7 heteroatoms. The van der Waals surface area contributed by atoms with Crippen LogP contribution in [0, 0.1) is 0 Å². The zero-order valence-corrected chi connectivity index (χ0v) is 12.0. The van der Waals surface area contributed by atoms with Crippen molar-refractivity contribution >= 4 is 10.9 Å². The molecular weight excluding hydrogens is 309 g/mol. The minimum Gasteiger partial charge on any atom is -0.480 e. The standard InChI is InChI=1S/C16H11F3N2O2/c1-23-14-12-8-7-10(16(17,18)19)9-13(12)21(15(22)20-14)11-5-3-2-4-6-11/h2-9H,1H3. The molecule has 0 aliphatic heterocycles. The molecule has 0 bridgehead atoms. The number of hydrogen-bond acceptors (Lipinski definition) is 3. The molecule has 0 saturated carbocycles. The molecule has 3 rings (SSSR count). The SMILES string of the molecule is COc1nc(=O)n(-c2ccccc2)c2cc(C(F)(F)F)ccc12. The van der Waals surface area contributed by atoms with E-state index < -0.39 is 17.4 Å². The number of ether oxygens (including phenoxy) is 1. The molecule has 0 saturated heterocycles. The number of hydrogen-bond donors (Lipinski definition) is 0. The van der Waals surface area contributed by atoms with Crippen molar-refractivity contribution < 1.29 is 17.9 Å². The molecule has 0 spiro atoms. The molecule has 0 radical (unpaired) electrons. The van der Waals surface area contributed by atoms with Crippen molar-refractivity contribution in [2.24, 2.45) is 0 Å². The van der Waals surface area contributed by atoms with E-state index >= 15 is 0 Å². The summed E-state index contributed by atoms with van der Waals surface area (Å²) >= 11 is 0. The second-order valence-electron chi connectivity index (χ2n) is 4.80. The number of alkyl halides is 3. The molecular formula is C16H11F3N2O2. The van der Waals surface area contributed by atoms with Crippen molar-refractivity contribution in [1.82, 2.24) is 9.55 Å². The Bertz CT molecular complexity index is 918. The predicted octanol–water partition coefficient (Wildman–Crippen LogP) is 3.41. The molecule has 0 unspecified atom stereocenters. The lowest BCUT2D eigenvalue weighted by atomic mass is 10.1. The van der Waals surface area contributed by atoms with Crippen LogP contribution in [0.5, 0.6) is 5.88 Å². The molecule has 0 atom stereocenters. The lowest BCUT2D eigenvalue weighted by Gasteiger charge is -2.14. The summed E-state index contributed by atoms with van der Waals surface area (Å²) in [6.45, 7) is 0. The van der Waals surface area contributed by atoms with Gasteiger partial charge in [0.25, 0.3) is 0 Å². The van der Waals surface area contributed by atoms with Crippen molar-refractivity contribution in [3.8, 4) is 11.6 Å². The van der Waals surface area contributed by atoms with Crippen LogP contribution in [0.15, 0.2) is 53.3 Å². The normalized spacial score (nSPS) is 11.7. The Balaban J connectivity index is 2.43. The first kappa shape index (κ1) is 15.1. The molecule has 2 aromatic carbocycles. The van der Waals surface area contributed by atoms with E-state index in [2.05, 4.69) is 4.98 Å². The van der Waals surface area contributed by atoms with Crippen LogP contribution in [0.4, 0.5) is 13.2 Å². The fraction of sp³-hybridized carbons (Fsp3) is 0.125. The van der Waals surface area contributed by atoms with Gasteiger partial charge in [-0.3, -0.25) is 4.57 Å². The van der Waals surface area contributed by atoms with Crippen LogP contribution < -0.4 is 10.4 Å². The average Bonchev–Trinajstić information content (AvgIpc) is 2.53. The Morgan fingerprint density at radius 3 is 2.39 bits per heavy atom. The summed E-state index contributed by atoms with van der Waals surface area (Å²) < 4.78 is 45.1. The summed E-state index contributed by atoms with van der Waals surface area (Å²) in [6.07, 6.45) is -4.51. The number of fused-ring (bicyclic) bond motifs is 1. The van der Waals surface area contributed by atoms with Gasteiger partial charge in [0.05, 0.1) is 29.3 Å². The van der Waals surface area contributed by atoms with Crippen LogP contribution in [0.1, 0.15) is 5.56 Å². The summed E-state index contributed by atoms with van der Waals surface area (Å²) in [5.41, 5.74) is -1.04. The first-order valence-corrected chi connectivity index (χ1v) is 6.65. The molecule has 3 aromatic rings. The van der Waals surface area contributed by atoms with Crippen LogP contribution in [-0.4, -0.2) is 16.7 Å². The van der Waals surface area contributed by atoms with Crippen molar-refractivity contribution in [1.29, 1.82) is 0 Å². The monoisotopic (exact) mass is 320 g/mol. The fourth-order valence-corrected chi connectivity index (χ4v) is 2.36. The lowest BCUT2D eigenvalue weighted by Crippen LogP contribution is -2.22. The highest BCUT2D eigenvalue weighted by molar-refractivity contribution is 5.85. The quantitative estimate of drug-likeness (QED) is 0.727. The molecule has 23 heavy (non-hydrogen) atoms. The number of benzene rings is 2. The third kappa shape index (κ3) is 2.65. The highest BCUT2D eigenvalue weighted by Gasteiger charge is 2.31. The van der Waals surface area contributed by atoms with Gasteiger partial charge in [-0.25, -0.2) is 4.79 Å². The van der Waals surface area contributed by atoms with Crippen LogP contribution >= 0.6 is 0 Å². The minimum atomic E-state index is -4.51. The third-order valence-electron chi connectivity index (χ3n) is 3.39. The van der Waals surface area contributed by atoms with Gasteiger partial charge in [-0.1, -0.05) is 18.2 Å². The van der Waals surface area contributed by atoms with E-state index in [1.165, 1.54) is 13.2 Å². The summed E-state index contributed by atoms with van der Waals surface area (Å²) in [5.74, 6) is -0.00842. The molecule has 0 amide bonds. The van der Waals surface area contributed by atoms with E-state index in [0.717, 1.165) is 16.7 Å². The Morgan fingerprint density at radius 2 is 1.78 bits per heavy atom. The summed E-state index contributed by atoms with van der Waals surface area (Å²) in [7, 11) is 1.31. The van der Waals surface area contributed by atoms with Gasteiger partial charge in [0.1, 0.15) is 0 Å². The smallest absolute Gasteiger partial charge is 0.416 e. The van der Waals surface area contributed by atoms with Crippen LogP contribution in [0.25, 0.3) is 16.6 Å². The average molecular weight is 320 g/mol. The van der Waals surface area contributed by atoms with E-state index in [-0.39, 0.29) is 11.4 Å². The first-order valence-electron chi connectivity index (χ1n) is 6.65. The number of aromatic nitrogens is 2. The zero-order chi connectivity index (χ0) is 16.6. The maximum atomic E-state index is 13.0. The maximum Gasteiger partial charge on any atom is 0.416 e. The Kier molecular flexibility index (Phi) is 3.55. The Hall–Kier alpha value is -2.83. The molecule has 0 aliphatic rings. The van der Waals surface area contributed by atoms with Gasteiger partial charge >= 0.3 is 11.9 Å². The zero-order valence-electron chi connectivity index (χ0n) is 12.0. The van der Waals surface area contributed by atoms with Gasteiger partial charge in [-0.05, 0) is 30.3 Å². The number of methoxy groups -OCH3 is 1. The van der Waals surface area contributed by atoms with Gasteiger partial charge in [-0.15, -0.1) is 0 Å². The fourth-order valence-electron chi connectivity index (χ4n) is 2.36. The number of para-hydroxylation sites is 1. The van der Waals surface area contributed by atoms with Gasteiger partial charge < -0.3 is 4.74 Å². The van der Waals surface area contributed by atoms with Crippen LogP contribution in [0.2, 0.25) is 0 Å². The molecule has 4 nitrogen and oxygen atoms in total. The first-order chi connectivity index (χ1) is 10.9. The van der Waals surface area contributed by atoms with Crippen molar-refractivity contribution in [3.05, 3.63) is 64.6 Å². The summed E-state index contributed by atoms with van der Waals surface area (Å²) in [5, 5.41) is 0.323. The summed E-state index contributed by atoms with van der Waals surface area (Å²) in [4.78, 5) is 16.1. The number of nitrogens with zero attached hydrogens (tertiary/aromatic N) is 2. The highest BCUT2D eigenvalue weighted by Crippen LogP contribution is 2.33. The van der Waals surface area contributed by atoms with Crippen molar-refractivity contribution in [2.45, 2.75) is 6.18 Å². The largest absolute Gasteiger partial charge is 0.480 e. The van der Waals surface area contributed by atoms with E-state index in [1.54, 1.807) is 30.3 Å². The maximum absolute atomic E-state index is 13.0. The van der Waals surface area contributed by atoms with E-state index in [9.17, 15) is 18.0 Å². The Labute approximate surface area is 128 Å². The molecule has 1 heterocycles. The second kappa shape index (κ2) is 5.42. The Morgan fingerprint density at radius 1 is 1.09 bits per heavy atom. The van der Waals surface area contributed by atoms with Gasteiger partial charge in [0, 0.05) is 0 Å². The highest BCUT2D eigenvalue weighted by atomic mass is 19.4. The van der Waals surface area contributed by atoms with Gasteiger partial charge in [0.15, 0.2) is 0 Å². The van der Waals surface area contributed by atoms with E-state index in [0.29, 0.717) is 11.1 Å². The predicted molar refractivity (Wildman–Crippen MR) is 78.9 cm³/mol. The number of rotatable bonds is 2. The second-order valence-corrected chi connectivity index (χ2v) is 4.80. The summed E-state index contributed by atoms with van der Waals surface area (Å²) in [6, 6.07) is 11.5. The molecule has 1 aromatic heterocycles. The van der Waals surface area contributed by atoms with Gasteiger partial charge in [-0.2, -0.15) is 18.2 Å². The molecule has 0 fully saturated rings. The van der Waals surface area contributed by atoms with E-state index in [4.69, 9.17) is 4.74 Å². The van der Waals surface area contributed by atoms with Gasteiger partial charge in [0.2, 0.25) is 5.88 Å². The minimum absolute atomic E-state index is 0.00842. The molecule has 118 valence electrons. The van der Waals surface area contributed by atoms with Crippen LogP contribution in [0.3, 0.4) is 0 Å². The van der Waals surface area contributed by atoms with E-state index in [1.807, 2.05) is 0 Å².